The fraction of sp³-hybridized carbons (Fsp3) is 0.571. The van der Waals surface area contributed by atoms with Gasteiger partial charge < -0.3 is 15.1 Å². The smallest absolute Gasteiger partial charge is 0.270 e. The average Bonchev–Trinajstić information content (AvgIpc) is 2.93. The lowest BCUT2D eigenvalue weighted by atomic mass is 10.2. The van der Waals surface area contributed by atoms with Crippen molar-refractivity contribution in [2.75, 3.05) is 42.6 Å². The summed E-state index contributed by atoms with van der Waals surface area (Å²) in [6.07, 6.45) is 2.58. The Kier molecular flexibility index (Phi) is 4.65. The van der Waals surface area contributed by atoms with E-state index in [-0.39, 0.29) is 23.2 Å². The summed E-state index contributed by atoms with van der Waals surface area (Å²) in [7, 11) is -3.05. The molecule has 0 spiro atoms. The molecule has 0 aliphatic carbocycles. The first kappa shape index (κ1) is 16.6. The van der Waals surface area contributed by atoms with Crippen molar-refractivity contribution in [3.05, 3.63) is 18.1 Å². The zero-order chi connectivity index (χ0) is 17.2. The Morgan fingerprint density at radius 2 is 2.00 bits per heavy atom. The molecule has 24 heavy (non-hydrogen) atoms. The molecule has 1 unspecified atom stereocenters. The first-order valence-electron chi connectivity index (χ1n) is 7.74. The van der Waals surface area contributed by atoms with Crippen LogP contribution in [0.5, 0.6) is 0 Å². The number of anilines is 1. The number of hydrogen-bond donors (Lipinski definition) is 1. The second-order valence-corrected chi connectivity index (χ2v) is 8.19. The highest BCUT2D eigenvalue weighted by Crippen LogP contribution is 2.15. The number of hydrogen-bond acceptors (Lipinski definition) is 7. The molecule has 2 fully saturated rings. The third-order valence-electron chi connectivity index (χ3n) is 4.24. The minimum absolute atomic E-state index is 0.0235. The molecule has 1 aromatic heterocycles. The van der Waals surface area contributed by atoms with Crippen LogP contribution in [0.3, 0.4) is 0 Å². The van der Waals surface area contributed by atoms with Crippen LogP contribution in [0.4, 0.5) is 5.82 Å². The van der Waals surface area contributed by atoms with Gasteiger partial charge in [-0.3, -0.25) is 9.59 Å². The van der Waals surface area contributed by atoms with Crippen molar-refractivity contribution in [2.24, 2.45) is 0 Å². The molecule has 1 aromatic rings. The molecule has 0 radical (unpaired) electrons. The highest BCUT2D eigenvalue weighted by Gasteiger charge is 2.29. The Balaban J connectivity index is 1.64. The lowest BCUT2D eigenvalue weighted by Gasteiger charge is -2.33. The number of piperazine rings is 1. The summed E-state index contributed by atoms with van der Waals surface area (Å²) in [6, 6.07) is 1.23. The largest absolute Gasteiger partial charge is 0.353 e. The van der Waals surface area contributed by atoms with Crippen LogP contribution in [-0.2, 0) is 14.6 Å². The van der Waals surface area contributed by atoms with Gasteiger partial charge in [-0.1, -0.05) is 0 Å². The Hall–Kier alpha value is -2.23. The van der Waals surface area contributed by atoms with Crippen molar-refractivity contribution in [1.82, 2.24) is 20.2 Å². The number of aromatic nitrogens is 2. The van der Waals surface area contributed by atoms with E-state index in [9.17, 15) is 18.0 Å². The summed E-state index contributed by atoms with van der Waals surface area (Å²) >= 11 is 0. The Bertz CT molecular complexity index is 730. The van der Waals surface area contributed by atoms with Gasteiger partial charge in [0.05, 0.1) is 11.5 Å². The molecule has 2 aliphatic rings. The number of nitrogens with one attached hydrogen (secondary N) is 1. The maximum atomic E-state index is 12.3. The average molecular weight is 353 g/mol. The zero-order valence-corrected chi connectivity index (χ0v) is 13.9. The van der Waals surface area contributed by atoms with Crippen molar-refractivity contribution >= 4 is 28.0 Å². The van der Waals surface area contributed by atoms with Gasteiger partial charge in [0.1, 0.15) is 17.8 Å². The molecular formula is C14H19N5O4S. The lowest BCUT2D eigenvalue weighted by Crippen LogP contribution is -2.46. The second kappa shape index (κ2) is 6.71. The van der Waals surface area contributed by atoms with Gasteiger partial charge in [-0.25, -0.2) is 18.4 Å². The first-order valence-corrected chi connectivity index (χ1v) is 9.56. The van der Waals surface area contributed by atoms with Crippen molar-refractivity contribution in [3.8, 4) is 0 Å². The fourth-order valence-corrected chi connectivity index (χ4v) is 4.54. The quantitative estimate of drug-likeness (QED) is 0.668. The van der Waals surface area contributed by atoms with E-state index in [1.165, 1.54) is 6.33 Å². The summed E-state index contributed by atoms with van der Waals surface area (Å²) in [4.78, 5) is 34.9. The third kappa shape index (κ3) is 3.81. The number of carbonyl (C=O) groups excluding carboxylic acids is 2. The van der Waals surface area contributed by atoms with Gasteiger partial charge >= 0.3 is 0 Å². The topological polar surface area (TPSA) is 113 Å². The van der Waals surface area contributed by atoms with E-state index in [2.05, 4.69) is 15.3 Å². The summed E-state index contributed by atoms with van der Waals surface area (Å²) in [5.74, 6) is 0.310. The molecule has 0 saturated carbocycles. The second-order valence-electron chi connectivity index (χ2n) is 5.96. The van der Waals surface area contributed by atoms with Crippen LogP contribution in [0.2, 0.25) is 0 Å². The van der Waals surface area contributed by atoms with E-state index in [1.54, 1.807) is 11.0 Å². The monoisotopic (exact) mass is 353 g/mol. The molecule has 2 amide bonds. The molecule has 130 valence electrons. The number of nitrogens with zero attached hydrogens (tertiary/aromatic N) is 4. The van der Waals surface area contributed by atoms with Gasteiger partial charge in [0, 0.05) is 38.3 Å². The molecule has 10 heteroatoms. The maximum absolute atomic E-state index is 12.3. The summed E-state index contributed by atoms with van der Waals surface area (Å²) in [6.45, 7) is 2.49. The van der Waals surface area contributed by atoms with Gasteiger partial charge in [-0.15, -0.1) is 0 Å². The van der Waals surface area contributed by atoms with Gasteiger partial charge in [-0.05, 0) is 6.42 Å². The van der Waals surface area contributed by atoms with E-state index in [0.717, 1.165) is 6.41 Å². The summed E-state index contributed by atoms with van der Waals surface area (Å²) in [5.41, 5.74) is 0.210. The number of rotatable bonds is 4. The van der Waals surface area contributed by atoms with Gasteiger partial charge in [0.25, 0.3) is 5.91 Å². The minimum atomic E-state index is -3.05. The fourth-order valence-electron chi connectivity index (χ4n) is 2.87. The molecule has 0 aromatic carbocycles. The molecule has 3 heterocycles. The SMILES string of the molecule is O=CN1CCN(c2cc(C(=O)NC3CCS(=O)(=O)C3)ncn2)CC1. The summed E-state index contributed by atoms with van der Waals surface area (Å²) < 4.78 is 22.9. The molecule has 3 rings (SSSR count). The van der Waals surface area contributed by atoms with Crippen molar-refractivity contribution in [1.29, 1.82) is 0 Å². The Labute approximate surface area is 140 Å². The molecule has 9 nitrogen and oxygen atoms in total. The first-order chi connectivity index (χ1) is 11.5. The Morgan fingerprint density at radius 3 is 2.62 bits per heavy atom. The predicted molar refractivity (Wildman–Crippen MR) is 86.4 cm³/mol. The Morgan fingerprint density at radius 1 is 1.25 bits per heavy atom. The normalized spacial score (nSPS) is 23.1. The molecule has 1 atom stereocenters. The van der Waals surface area contributed by atoms with E-state index in [1.807, 2.05) is 4.90 Å². The summed E-state index contributed by atoms with van der Waals surface area (Å²) in [5, 5.41) is 2.72. The van der Waals surface area contributed by atoms with E-state index in [0.29, 0.717) is 38.4 Å². The van der Waals surface area contributed by atoms with Crippen LogP contribution in [0.15, 0.2) is 12.4 Å². The van der Waals surface area contributed by atoms with Crippen LogP contribution in [0, 0.1) is 0 Å². The molecule has 1 N–H and O–H groups in total. The van der Waals surface area contributed by atoms with E-state index >= 15 is 0 Å². The van der Waals surface area contributed by atoms with Crippen molar-refractivity contribution in [2.45, 2.75) is 12.5 Å². The number of sulfone groups is 1. The predicted octanol–water partition coefficient (Wildman–Crippen LogP) is -1.33. The molecule has 2 saturated heterocycles. The standard InChI is InChI=1S/C14H19N5O4S/c20-10-18-2-4-19(5-3-18)13-7-12(15-9-16-13)14(21)17-11-1-6-24(22,23)8-11/h7,9-11H,1-6,8H2,(H,17,21). The highest BCUT2D eigenvalue weighted by atomic mass is 32.2. The minimum Gasteiger partial charge on any atom is -0.353 e. The lowest BCUT2D eigenvalue weighted by molar-refractivity contribution is -0.118. The zero-order valence-electron chi connectivity index (χ0n) is 13.1. The van der Waals surface area contributed by atoms with Crippen molar-refractivity contribution in [3.63, 3.8) is 0 Å². The van der Waals surface area contributed by atoms with E-state index < -0.39 is 15.7 Å². The van der Waals surface area contributed by atoms with Crippen LogP contribution >= 0.6 is 0 Å². The van der Waals surface area contributed by atoms with E-state index in [4.69, 9.17) is 0 Å². The van der Waals surface area contributed by atoms with Crippen LogP contribution < -0.4 is 10.2 Å². The van der Waals surface area contributed by atoms with Gasteiger partial charge in [-0.2, -0.15) is 0 Å². The van der Waals surface area contributed by atoms with Crippen LogP contribution in [0.1, 0.15) is 16.9 Å². The highest BCUT2D eigenvalue weighted by molar-refractivity contribution is 7.91. The third-order valence-corrected chi connectivity index (χ3v) is 6.01. The van der Waals surface area contributed by atoms with Crippen LogP contribution in [0.25, 0.3) is 0 Å². The molecule has 2 aliphatic heterocycles. The number of amides is 2. The van der Waals surface area contributed by atoms with Crippen molar-refractivity contribution < 1.29 is 18.0 Å². The molecule has 0 bridgehead atoms. The van der Waals surface area contributed by atoms with Gasteiger partial charge in [0.2, 0.25) is 6.41 Å². The number of carbonyl (C=O) groups is 2. The maximum Gasteiger partial charge on any atom is 0.270 e. The molecular weight excluding hydrogens is 334 g/mol. The van der Waals surface area contributed by atoms with Gasteiger partial charge in [0.15, 0.2) is 9.84 Å². The van der Waals surface area contributed by atoms with Crippen LogP contribution in [-0.4, -0.2) is 79.3 Å².